The number of carboxylic acids is 1. The third-order valence-electron chi connectivity index (χ3n) is 3.64. The van der Waals surface area contributed by atoms with E-state index in [4.69, 9.17) is 5.11 Å². The Morgan fingerprint density at radius 3 is 2.70 bits per heavy atom. The Morgan fingerprint density at radius 1 is 1.35 bits per heavy atom. The minimum Gasteiger partial charge on any atom is -0.480 e. The molecule has 0 aliphatic carbocycles. The number of aliphatic hydroxyl groups excluding tert-OH is 1. The van der Waals surface area contributed by atoms with Gasteiger partial charge in [-0.25, -0.2) is 0 Å². The molecule has 0 bridgehead atoms. The van der Waals surface area contributed by atoms with Crippen LogP contribution >= 0.6 is 0 Å². The molecular weight excluding hydrogens is 266 g/mol. The SMILES string of the molecule is O=C(O)CNC(=O)[C@@H]1C[C@H](O)CN1C(=O)[C@@H]1CCCN1. The van der Waals surface area contributed by atoms with Crippen LogP contribution in [0.5, 0.6) is 0 Å². The maximum Gasteiger partial charge on any atom is 0.322 e. The Kier molecular flexibility index (Phi) is 4.56. The summed E-state index contributed by atoms with van der Waals surface area (Å²) < 4.78 is 0. The van der Waals surface area contributed by atoms with Crippen LogP contribution in [0.15, 0.2) is 0 Å². The maximum atomic E-state index is 12.3. The summed E-state index contributed by atoms with van der Waals surface area (Å²) in [6.07, 6.45) is 1.02. The van der Waals surface area contributed by atoms with E-state index in [9.17, 15) is 19.5 Å². The van der Waals surface area contributed by atoms with E-state index in [1.807, 2.05) is 0 Å². The second-order valence-electron chi connectivity index (χ2n) is 5.16. The van der Waals surface area contributed by atoms with Gasteiger partial charge >= 0.3 is 5.97 Å². The Balaban J connectivity index is 2.00. The molecule has 3 atom stereocenters. The van der Waals surface area contributed by atoms with Gasteiger partial charge < -0.3 is 25.7 Å². The van der Waals surface area contributed by atoms with Crippen molar-refractivity contribution in [3.05, 3.63) is 0 Å². The zero-order valence-corrected chi connectivity index (χ0v) is 11.0. The van der Waals surface area contributed by atoms with E-state index in [-0.39, 0.29) is 24.9 Å². The van der Waals surface area contributed by atoms with Crippen LogP contribution < -0.4 is 10.6 Å². The Labute approximate surface area is 116 Å². The normalized spacial score (nSPS) is 29.4. The summed E-state index contributed by atoms with van der Waals surface area (Å²) in [5.74, 6) is -1.88. The number of rotatable bonds is 4. The van der Waals surface area contributed by atoms with Crippen molar-refractivity contribution >= 4 is 17.8 Å². The van der Waals surface area contributed by atoms with E-state index in [0.717, 1.165) is 19.4 Å². The number of carboxylic acid groups (broad SMARTS) is 1. The van der Waals surface area contributed by atoms with E-state index in [2.05, 4.69) is 10.6 Å². The molecule has 2 amide bonds. The number of hydrogen-bond donors (Lipinski definition) is 4. The average molecular weight is 285 g/mol. The van der Waals surface area contributed by atoms with E-state index < -0.39 is 30.6 Å². The van der Waals surface area contributed by atoms with Gasteiger partial charge in [-0.3, -0.25) is 14.4 Å². The predicted molar refractivity (Wildman–Crippen MR) is 67.8 cm³/mol. The van der Waals surface area contributed by atoms with Crippen LogP contribution in [0.3, 0.4) is 0 Å². The number of carbonyl (C=O) groups excluding carboxylic acids is 2. The molecule has 0 unspecified atom stereocenters. The van der Waals surface area contributed by atoms with Crippen molar-refractivity contribution < 1.29 is 24.6 Å². The first-order chi connectivity index (χ1) is 9.49. The molecule has 2 saturated heterocycles. The molecule has 2 rings (SSSR count). The molecule has 0 spiro atoms. The molecule has 2 aliphatic rings. The number of β-amino-alcohol motifs (C(OH)–C–C–N with tert-alkyl or cyclic N) is 1. The lowest BCUT2D eigenvalue weighted by Crippen LogP contribution is -2.51. The Morgan fingerprint density at radius 2 is 2.10 bits per heavy atom. The molecule has 2 heterocycles. The van der Waals surface area contributed by atoms with Crippen LogP contribution in [0, 0.1) is 0 Å². The minimum atomic E-state index is -1.15. The monoisotopic (exact) mass is 285 g/mol. The van der Waals surface area contributed by atoms with Crippen LogP contribution in [0.25, 0.3) is 0 Å². The van der Waals surface area contributed by atoms with E-state index >= 15 is 0 Å². The molecule has 0 aromatic rings. The third kappa shape index (κ3) is 3.26. The summed E-state index contributed by atoms with van der Waals surface area (Å²) in [5, 5.41) is 23.5. The quantitative estimate of drug-likeness (QED) is 0.470. The van der Waals surface area contributed by atoms with E-state index in [1.54, 1.807) is 0 Å². The van der Waals surface area contributed by atoms with E-state index in [0.29, 0.717) is 0 Å². The molecule has 0 aromatic heterocycles. The molecule has 2 aliphatic heterocycles. The predicted octanol–water partition coefficient (Wildman–Crippen LogP) is -2.10. The van der Waals surface area contributed by atoms with Gasteiger partial charge in [0.1, 0.15) is 12.6 Å². The zero-order chi connectivity index (χ0) is 14.7. The maximum absolute atomic E-state index is 12.3. The fraction of sp³-hybridized carbons (Fsp3) is 0.750. The van der Waals surface area contributed by atoms with Crippen molar-refractivity contribution in [2.24, 2.45) is 0 Å². The molecule has 20 heavy (non-hydrogen) atoms. The van der Waals surface area contributed by atoms with Gasteiger partial charge in [-0.1, -0.05) is 0 Å². The molecule has 0 aromatic carbocycles. The highest BCUT2D eigenvalue weighted by atomic mass is 16.4. The van der Waals surface area contributed by atoms with Gasteiger partial charge in [0, 0.05) is 13.0 Å². The van der Waals surface area contributed by atoms with Gasteiger partial charge in [0.2, 0.25) is 11.8 Å². The third-order valence-corrected chi connectivity index (χ3v) is 3.64. The molecule has 112 valence electrons. The summed E-state index contributed by atoms with van der Waals surface area (Å²) in [4.78, 5) is 36.0. The van der Waals surface area contributed by atoms with Gasteiger partial charge in [-0.15, -0.1) is 0 Å². The van der Waals surface area contributed by atoms with Crippen LogP contribution in [-0.2, 0) is 14.4 Å². The molecule has 8 nitrogen and oxygen atoms in total. The van der Waals surface area contributed by atoms with Gasteiger partial charge in [0.25, 0.3) is 0 Å². The van der Waals surface area contributed by atoms with Gasteiger partial charge in [-0.05, 0) is 19.4 Å². The van der Waals surface area contributed by atoms with Gasteiger partial charge in [0.15, 0.2) is 0 Å². The first kappa shape index (κ1) is 14.7. The van der Waals surface area contributed by atoms with Crippen molar-refractivity contribution in [3.63, 3.8) is 0 Å². The highest BCUT2D eigenvalue weighted by Crippen LogP contribution is 2.21. The van der Waals surface area contributed by atoms with Crippen molar-refractivity contribution in [2.45, 2.75) is 37.5 Å². The van der Waals surface area contributed by atoms with Crippen molar-refractivity contribution in [2.75, 3.05) is 19.6 Å². The first-order valence-corrected chi connectivity index (χ1v) is 6.70. The first-order valence-electron chi connectivity index (χ1n) is 6.70. The van der Waals surface area contributed by atoms with Gasteiger partial charge in [0.05, 0.1) is 12.1 Å². The van der Waals surface area contributed by atoms with Crippen molar-refractivity contribution in [1.29, 1.82) is 0 Å². The van der Waals surface area contributed by atoms with Crippen LogP contribution in [-0.4, -0.2) is 70.7 Å². The number of aliphatic carboxylic acids is 1. The van der Waals surface area contributed by atoms with Crippen LogP contribution in [0.4, 0.5) is 0 Å². The summed E-state index contributed by atoms with van der Waals surface area (Å²) in [6, 6.07) is -1.10. The van der Waals surface area contributed by atoms with Crippen LogP contribution in [0.1, 0.15) is 19.3 Å². The molecule has 4 N–H and O–H groups in total. The lowest BCUT2D eigenvalue weighted by Gasteiger charge is -2.26. The topological polar surface area (TPSA) is 119 Å². The molecular formula is C12H19N3O5. The average Bonchev–Trinajstić information content (AvgIpc) is 3.04. The molecule has 8 heteroatoms. The highest BCUT2D eigenvalue weighted by Gasteiger charge is 2.41. The lowest BCUT2D eigenvalue weighted by atomic mass is 10.1. The number of nitrogens with zero attached hydrogens (tertiary/aromatic N) is 1. The van der Waals surface area contributed by atoms with Crippen molar-refractivity contribution in [3.8, 4) is 0 Å². The second kappa shape index (κ2) is 6.19. The molecule has 0 radical (unpaired) electrons. The summed E-state index contributed by atoms with van der Waals surface area (Å²) in [5.41, 5.74) is 0. The number of likely N-dealkylation sites (tertiary alicyclic amines) is 1. The summed E-state index contributed by atoms with van der Waals surface area (Å²) in [7, 11) is 0. The Hall–Kier alpha value is -1.67. The van der Waals surface area contributed by atoms with E-state index in [1.165, 1.54) is 4.90 Å². The number of nitrogens with one attached hydrogen (secondary N) is 2. The standard InChI is InChI=1S/C12H19N3O5/c16-7-4-9(11(19)14-5-10(17)18)15(6-7)12(20)8-2-1-3-13-8/h7-9,13,16H,1-6H2,(H,14,19)(H,17,18)/t7-,8-,9-/m0/s1. The number of aliphatic hydroxyl groups is 1. The second-order valence-corrected chi connectivity index (χ2v) is 5.16. The minimum absolute atomic E-state index is 0.113. The summed E-state index contributed by atoms with van der Waals surface area (Å²) >= 11 is 0. The van der Waals surface area contributed by atoms with Crippen molar-refractivity contribution in [1.82, 2.24) is 15.5 Å². The molecule has 0 saturated carbocycles. The summed E-state index contributed by atoms with van der Waals surface area (Å²) in [6.45, 7) is 0.389. The lowest BCUT2D eigenvalue weighted by molar-refractivity contribution is -0.141. The Bertz CT molecular complexity index is 408. The van der Waals surface area contributed by atoms with Crippen LogP contribution in [0.2, 0.25) is 0 Å². The largest absolute Gasteiger partial charge is 0.480 e. The number of carbonyl (C=O) groups is 3. The smallest absolute Gasteiger partial charge is 0.322 e. The number of amides is 2. The zero-order valence-electron chi connectivity index (χ0n) is 11.0. The molecule has 2 fully saturated rings. The number of hydrogen-bond acceptors (Lipinski definition) is 5. The highest BCUT2D eigenvalue weighted by molar-refractivity contribution is 5.91. The fourth-order valence-electron chi connectivity index (χ4n) is 2.68. The fourth-order valence-corrected chi connectivity index (χ4v) is 2.68. The van der Waals surface area contributed by atoms with Gasteiger partial charge in [-0.2, -0.15) is 0 Å².